The molecule has 4 nitrogen and oxygen atoms in total. The van der Waals surface area contributed by atoms with Crippen LogP contribution in [0.5, 0.6) is 0 Å². The highest BCUT2D eigenvalue weighted by atomic mass is 35.5. The minimum atomic E-state index is 0.0559. The van der Waals surface area contributed by atoms with Gasteiger partial charge in [-0.05, 0) is 43.4 Å². The van der Waals surface area contributed by atoms with Gasteiger partial charge >= 0.3 is 0 Å². The van der Waals surface area contributed by atoms with E-state index in [-0.39, 0.29) is 5.91 Å². The van der Waals surface area contributed by atoms with Crippen LogP contribution in [-0.2, 0) is 17.6 Å². The lowest BCUT2D eigenvalue weighted by atomic mass is 9.87. The van der Waals surface area contributed by atoms with Crippen molar-refractivity contribution in [2.45, 2.75) is 38.0 Å². The molecule has 1 aromatic heterocycles. The fraction of sp³-hybridized carbons (Fsp3) is 0.412. The van der Waals surface area contributed by atoms with Gasteiger partial charge in [-0.2, -0.15) is 0 Å². The Hall–Kier alpha value is -1.81. The summed E-state index contributed by atoms with van der Waals surface area (Å²) in [5.41, 5.74) is 3.44. The third-order valence-corrected chi connectivity index (χ3v) is 4.46. The lowest BCUT2D eigenvalue weighted by Gasteiger charge is -2.21. The smallest absolute Gasteiger partial charge is 0.224 e. The maximum absolute atomic E-state index is 12.0. The lowest BCUT2D eigenvalue weighted by molar-refractivity contribution is -0.120. The highest BCUT2D eigenvalue weighted by molar-refractivity contribution is 6.30. The third kappa shape index (κ3) is 3.69. The Balaban J connectivity index is 1.45. The van der Waals surface area contributed by atoms with Gasteiger partial charge in [0.15, 0.2) is 0 Å². The summed E-state index contributed by atoms with van der Waals surface area (Å²) in [6, 6.07) is 7.40. The number of H-pyrrole nitrogens is 1. The molecule has 0 saturated heterocycles. The van der Waals surface area contributed by atoms with Gasteiger partial charge in [-0.15, -0.1) is 0 Å². The number of rotatable bonds is 5. The largest absolute Gasteiger partial charge is 0.356 e. The maximum atomic E-state index is 12.0. The normalized spacial score (nSPS) is 17.0. The van der Waals surface area contributed by atoms with Crippen LogP contribution in [0.25, 0.3) is 0 Å². The molecule has 0 saturated carbocycles. The number of imidazole rings is 1. The van der Waals surface area contributed by atoms with Gasteiger partial charge in [0.05, 0.1) is 18.4 Å². The fourth-order valence-corrected chi connectivity index (χ4v) is 3.19. The molecule has 1 atom stereocenters. The molecule has 22 heavy (non-hydrogen) atoms. The van der Waals surface area contributed by atoms with Crippen molar-refractivity contribution in [3.63, 3.8) is 0 Å². The first-order valence-corrected chi connectivity index (χ1v) is 8.13. The molecule has 0 spiro atoms. The summed E-state index contributed by atoms with van der Waals surface area (Å²) in [4.78, 5) is 19.6. The van der Waals surface area contributed by atoms with E-state index in [9.17, 15) is 4.79 Å². The van der Waals surface area contributed by atoms with Crippen LogP contribution in [0.1, 0.15) is 42.1 Å². The predicted molar refractivity (Wildman–Crippen MR) is 87.0 cm³/mol. The van der Waals surface area contributed by atoms with E-state index in [1.807, 2.05) is 24.3 Å². The van der Waals surface area contributed by atoms with E-state index in [1.165, 1.54) is 17.8 Å². The van der Waals surface area contributed by atoms with E-state index in [0.717, 1.165) is 24.8 Å². The highest BCUT2D eigenvalue weighted by Crippen LogP contribution is 2.31. The molecule has 1 amide bonds. The summed E-state index contributed by atoms with van der Waals surface area (Å²) in [5, 5.41) is 3.70. The number of aryl methyl sites for hydroxylation is 1. The number of carbonyl (C=O) groups is 1. The second-order valence-electron chi connectivity index (χ2n) is 5.80. The van der Waals surface area contributed by atoms with Gasteiger partial charge < -0.3 is 10.3 Å². The minimum absolute atomic E-state index is 0.0559. The Morgan fingerprint density at radius 3 is 3.00 bits per heavy atom. The van der Waals surface area contributed by atoms with Gasteiger partial charge in [0.2, 0.25) is 5.91 Å². The van der Waals surface area contributed by atoms with Crippen LogP contribution in [0, 0.1) is 0 Å². The van der Waals surface area contributed by atoms with E-state index in [0.29, 0.717) is 23.9 Å². The number of aromatic nitrogens is 2. The zero-order valence-electron chi connectivity index (χ0n) is 12.4. The van der Waals surface area contributed by atoms with E-state index in [1.54, 1.807) is 6.33 Å². The van der Waals surface area contributed by atoms with E-state index < -0.39 is 0 Å². The molecule has 0 bridgehead atoms. The van der Waals surface area contributed by atoms with Crippen LogP contribution in [-0.4, -0.2) is 22.4 Å². The van der Waals surface area contributed by atoms with Crippen molar-refractivity contribution in [2.24, 2.45) is 0 Å². The zero-order chi connectivity index (χ0) is 15.4. The molecule has 1 aromatic carbocycles. The second-order valence-corrected chi connectivity index (χ2v) is 6.23. The van der Waals surface area contributed by atoms with Crippen LogP contribution in [0.4, 0.5) is 0 Å². The third-order valence-electron chi connectivity index (χ3n) is 4.21. The number of benzene rings is 1. The molecular formula is C17H20ClN3O. The average molecular weight is 318 g/mol. The maximum Gasteiger partial charge on any atom is 0.224 e. The molecule has 5 heteroatoms. The van der Waals surface area contributed by atoms with Gasteiger partial charge in [0.25, 0.3) is 0 Å². The van der Waals surface area contributed by atoms with Crippen molar-refractivity contribution in [1.82, 2.24) is 15.3 Å². The van der Waals surface area contributed by atoms with Gasteiger partial charge in [-0.3, -0.25) is 4.79 Å². The number of nitrogens with zero attached hydrogens (tertiary/aromatic N) is 1. The highest BCUT2D eigenvalue weighted by Gasteiger charge is 2.22. The number of fused-ring (bicyclic) bond motifs is 1. The van der Waals surface area contributed by atoms with Crippen molar-refractivity contribution in [3.05, 3.63) is 52.6 Å². The quantitative estimate of drug-likeness (QED) is 0.889. The number of nitrogens with one attached hydrogen (secondary N) is 2. The van der Waals surface area contributed by atoms with Gasteiger partial charge in [0.1, 0.15) is 0 Å². The molecule has 0 radical (unpaired) electrons. The van der Waals surface area contributed by atoms with E-state index >= 15 is 0 Å². The van der Waals surface area contributed by atoms with Crippen LogP contribution in [0.15, 0.2) is 30.6 Å². The molecular weight excluding hydrogens is 298 g/mol. The molecule has 2 aromatic rings. The fourth-order valence-electron chi connectivity index (χ4n) is 3.06. The summed E-state index contributed by atoms with van der Waals surface area (Å²) < 4.78 is 0. The van der Waals surface area contributed by atoms with Gasteiger partial charge in [-0.25, -0.2) is 4.98 Å². The summed E-state index contributed by atoms with van der Waals surface area (Å²) in [7, 11) is 0. The minimum Gasteiger partial charge on any atom is -0.356 e. The lowest BCUT2D eigenvalue weighted by Crippen LogP contribution is -2.27. The standard InChI is InChI=1S/C17H20ClN3O/c18-14-6-4-12(5-7-14)10-16(22)19-9-8-13-2-1-3-15-17(13)21-11-20-15/h4-7,11,13H,1-3,8-10H2,(H,19,22)(H,20,21). The van der Waals surface area contributed by atoms with Crippen molar-refractivity contribution in [2.75, 3.05) is 6.54 Å². The first kappa shape index (κ1) is 15.1. The number of aromatic amines is 1. The number of amides is 1. The van der Waals surface area contributed by atoms with Crippen LogP contribution < -0.4 is 5.32 Å². The zero-order valence-corrected chi connectivity index (χ0v) is 13.2. The van der Waals surface area contributed by atoms with E-state index in [2.05, 4.69) is 15.3 Å². The predicted octanol–water partition coefficient (Wildman–Crippen LogP) is 3.23. The molecule has 1 aliphatic carbocycles. The number of carbonyl (C=O) groups excluding carboxylic acids is 1. The molecule has 3 rings (SSSR count). The molecule has 1 unspecified atom stereocenters. The second kappa shape index (κ2) is 6.97. The molecule has 1 heterocycles. The van der Waals surface area contributed by atoms with Crippen molar-refractivity contribution in [1.29, 1.82) is 0 Å². The summed E-state index contributed by atoms with van der Waals surface area (Å²) in [6.07, 6.45) is 6.57. The summed E-state index contributed by atoms with van der Waals surface area (Å²) in [5.74, 6) is 0.520. The Bertz CT molecular complexity index is 636. The molecule has 1 aliphatic rings. The average Bonchev–Trinajstić information content (AvgIpc) is 2.99. The Labute approximate surface area is 135 Å². The Morgan fingerprint density at radius 1 is 1.36 bits per heavy atom. The van der Waals surface area contributed by atoms with Gasteiger partial charge in [0, 0.05) is 23.2 Å². The van der Waals surface area contributed by atoms with Crippen molar-refractivity contribution < 1.29 is 4.79 Å². The topological polar surface area (TPSA) is 57.8 Å². The van der Waals surface area contributed by atoms with Crippen LogP contribution in [0.2, 0.25) is 5.02 Å². The van der Waals surface area contributed by atoms with Crippen LogP contribution >= 0.6 is 11.6 Å². The number of hydrogen-bond donors (Lipinski definition) is 2. The summed E-state index contributed by atoms with van der Waals surface area (Å²) in [6.45, 7) is 0.698. The SMILES string of the molecule is O=C(Cc1ccc(Cl)cc1)NCCC1CCCc2[nH]cnc21. The first-order valence-electron chi connectivity index (χ1n) is 7.75. The van der Waals surface area contributed by atoms with Crippen LogP contribution in [0.3, 0.4) is 0 Å². The van der Waals surface area contributed by atoms with E-state index in [4.69, 9.17) is 11.6 Å². The van der Waals surface area contributed by atoms with Crippen molar-refractivity contribution in [3.8, 4) is 0 Å². The molecule has 0 fully saturated rings. The van der Waals surface area contributed by atoms with Crippen molar-refractivity contribution >= 4 is 17.5 Å². The first-order chi connectivity index (χ1) is 10.7. The van der Waals surface area contributed by atoms with Gasteiger partial charge in [-0.1, -0.05) is 23.7 Å². The molecule has 0 aliphatic heterocycles. The Morgan fingerprint density at radius 2 is 2.18 bits per heavy atom. The number of halogens is 1. The Kier molecular flexibility index (Phi) is 4.78. The number of hydrogen-bond acceptors (Lipinski definition) is 2. The molecule has 2 N–H and O–H groups in total. The monoisotopic (exact) mass is 317 g/mol. The molecule has 116 valence electrons. The summed E-state index contributed by atoms with van der Waals surface area (Å²) >= 11 is 5.84.